The van der Waals surface area contributed by atoms with E-state index in [1.54, 1.807) is 6.92 Å². The van der Waals surface area contributed by atoms with E-state index < -0.39 is 34.5 Å². The first-order chi connectivity index (χ1) is 11.8. The van der Waals surface area contributed by atoms with Gasteiger partial charge in [0.05, 0.1) is 10.5 Å². The van der Waals surface area contributed by atoms with Crippen LogP contribution in [0.15, 0.2) is 41.8 Å². The van der Waals surface area contributed by atoms with E-state index >= 15 is 0 Å². The Balaban J connectivity index is 2.56. The zero-order valence-electron chi connectivity index (χ0n) is 13.6. The smallest absolute Gasteiger partial charge is 0.338 e. The van der Waals surface area contributed by atoms with Gasteiger partial charge >= 0.3 is 12.0 Å². The average Bonchev–Trinajstić information content (AvgIpc) is 2.58. The monoisotopic (exact) mass is 369 g/mol. The molecule has 0 radical (unpaired) electrons. The lowest BCUT2D eigenvalue weighted by molar-refractivity contribution is -0.123. The predicted octanol–water partition coefficient (Wildman–Crippen LogP) is 0.153. The van der Waals surface area contributed by atoms with Crippen LogP contribution in [0.2, 0.25) is 0 Å². The van der Waals surface area contributed by atoms with E-state index in [0.717, 1.165) is 0 Å². The van der Waals surface area contributed by atoms with Gasteiger partial charge in [0, 0.05) is 13.1 Å². The fraction of sp³-hybridized carbons (Fsp3) is 0.267. The highest BCUT2D eigenvalue weighted by atomic mass is 32.2. The van der Waals surface area contributed by atoms with Crippen molar-refractivity contribution in [1.82, 2.24) is 15.4 Å². The van der Waals surface area contributed by atoms with Crippen LogP contribution in [-0.4, -0.2) is 46.0 Å². The number of carbonyl (C=O) groups excluding carboxylic acids is 3. The molecule has 0 saturated carbocycles. The third kappa shape index (κ3) is 6.73. The standard InChI is InChI=1S/C15H19N3O6S/c1-3-9-16-15(21)18-13(19)10-24-14(20)11-5-7-12(8-6-11)25(22,23)17-4-2/h3,5-8,17H,1,4,9-10H2,2H3,(H2,16,18,19,21). The van der Waals surface area contributed by atoms with Gasteiger partial charge in [-0.3, -0.25) is 10.1 Å². The summed E-state index contributed by atoms with van der Waals surface area (Å²) < 4.78 is 30.6. The van der Waals surface area contributed by atoms with Crippen molar-refractivity contribution >= 4 is 27.9 Å². The Bertz CT molecular complexity index is 743. The molecule has 1 aromatic rings. The molecule has 0 spiro atoms. The van der Waals surface area contributed by atoms with E-state index in [9.17, 15) is 22.8 Å². The Labute approximate surface area is 145 Å². The molecule has 3 amide bonds. The van der Waals surface area contributed by atoms with E-state index in [4.69, 9.17) is 4.74 Å². The van der Waals surface area contributed by atoms with Gasteiger partial charge in [0.2, 0.25) is 10.0 Å². The molecule has 0 atom stereocenters. The van der Waals surface area contributed by atoms with Crippen molar-refractivity contribution in [3.05, 3.63) is 42.5 Å². The Morgan fingerprint density at radius 1 is 1.20 bits per heavy atom. The second kappa shape index (κ2) is 9.55. The molecule has 0 aliphatic heterocycles. The molecule has 1 aromatic carbocycles. The number of amides is 3. The molecule has 0 bridgehead atoms. The van der Waals surface area contributed by atoms with Crippen molar-refractivity contribution < 1.29 is 27.5 Å². The summed E-state index contributed by atoms with van der Waals surface area (Å²) in [6, 6.07) is 4.29. The van der Waals surface area contributed by atoms with Crippen LogP contribution in [-0.2, 0) is 19.6 Å². The van der Waals surface area contributed by atoms with Crippen molar-refractivity contribution in [2.24, 2.45) is 0 Å². The van der Waals surface area contributed by atoms with Gasteiger partial charge in [-0.05, 0) is 24.3 Å². The summed E-state index contributed by atoms with van der Waals surface area (Å²) in [7, 11) is -3.62. The molecule has 0 aliphatic rings. The number of rotatable bonds is 8. The van der Waals surface area contributed by atoms with Crippen molar-refractivity contribution in [3.63, 3.8) is 0 Å². The Morgan fingerprint density at radius 2 is 1.84 bits per heavy atom. The molecule has 25 heavy (non-hydrogen) atoms. The highest BCUT2D eigenvalue weighted by Gasteiger charge is 2.15. The van der Waals surface area contributed by atoms with Crippen molar-refractivity contribution in [1.29, 1.82) is 0 Å². The van der Waals surface area contributed by atoms with Crippen molar-refractivity contribution in [3.8, 4) is 0 Å². The van der Waals surface area contributed by atoms with Crippen molar-refractivity contribution in [2.75, 3.05) is 19.7 Å². The minimum absolute atomic E-state index is 0.00235. The number of imide groups is 1. The highest BCUT2D eigenvalue weighted by molar-refractivity contribution is 7.89. The van der Waals surface area contributed by atoms with Gasteiger partial charge in [0.15, 0.2) is 6.61 Å². The van der Waals surface area contributed by atoms with Gasteiger partial charge in [-0.15, -0.1) is 6.58 Å². The number of sulfonamides is 1. The Morgan fingerprint density at radius 3 is 2.40 bits per heavy atom. The topological polar surface area (TPSA) is 131 Å². The summed E-state index contributed by atoms with van der Waals surface area (Å²) in [6.45, 7) is 4.81. The zero-order chi connectivity index (χ0) is 18.9. The molecule has 10 heteroatoms. The Hall–Kier alpha value is -2.72. The van der Waals surface area contributed by atoms with E-state index in [1.165, 1.54) is 30.3 Å². The fourth-order valence-corrected chi connectivity index (χ4v) is 2.67. The molecule has 0 unspecified atom stereocenters. The van der Waals surface area contributed by atoms with Crippen LogP contribution >= 0.6 is 0 Å². The number of urea groups is 1. The molecule has 0 fully saturated rings. The number of benzene rings is 1. The van der Waals surface area contributed by atoms with Gasteiger partial charge in [-0.2, -0.15) is 0 Å². The second-order valence-electron chi connectivity index (χ2n) is 4.65. The molecule has 0 aliphatic carbocycles. The van der Waals surface area contributed by atoms with E-state index in [0.29, 0.717) is 0 Å². The molecule has 0 aromatic heterocycles. The number of esters is 1. The van der Waals surface area contributed by atoms with Gasteiger partial charge in [0.1, 0.15) is 0 Å². The number of hydrogen-bond acceptors (Lipinski definition) is 6. The maximum absolute atomic E-state index is 11.8. The molecule has 1 rings (SSSR count). The molecular weight excluding hydrogens is 350 g/mol. The summed E-state index contributed by atoms with van der Waals surface area (Å²) in [5, 5.41) is 4.28. The van der Waals surface area contributed by atoms with Crippen LogP contribution in [0.4, 0.5) is 4.79 Å². The molecule has 0 heterocycles. The summed E-state index contributed by atoms with van der Waals surface area (Å²) in [6.07, 6.45) is 1.43. The maximum atomic E-state index is 11.8. The normalized spacial score (nSPS) is 10.6. The van der Waals surface area contributed by atoms with Gasteiger partial charge in [-0.25, -0.2) is 22.7 Å². The fourth-order valence-electron chi connectivity index (χ4n) is 1.63. The zero-order valence-corrected chi connectivity index (χ0v) is 14.4. The van der Waals surface area contributed by atoms with Gasteiger partial charge in [0.25, 0.3) is 5.91 Å². The van der Waals surface area contributed by atoms with Crippen LogP contribution in [0.5, 0.6) is 0 Å². The number of ether oxygens (including phenoxy) is 1. The van der Waals surface area contributed by atoms with Gasteiger partial charge < -0.3 is 10.1 Å². The largest absolute Gasteiger partial charge is 0.452 e. The van der Waals surface area contributed by atoms with Crippen LogP contribution in [0, 0.1) is 0 Å². The first-order valence-electron chi connectivity index (χ1n) is 7.25. The first-order valence-corrected chi connectivity index (χ1v) is 8.74. The van der Waals surface area contributed by atoms with E-state index in [2.05, 4.69) is 16.6 Å². The van der Waals surface area contributed by atoms with E-state index in [1.807, 2.05) is 5.32 Å². The third-order valence-corrected chi connectivity index (χ3v) is 4.29. The summed E-state index contributed by atoms with van der Waals surface area (Å²) >= 11 is 0. The predicted molar refractivity (Wildman–Crippen MR) is 89.3 cm³/mol. The van der Waals surface area contributed by atoms with E-state index in [-0.39, 0.29) is 23.5 Å². The number of carbonyl (C=O) groups is 3. The minimum atomic E-state index is -3.62. The average molecular weight is 369 g/mol. The number of nitrogens with one attached hydrogen (secondary N) is 3. The lowest BCUT2D eigenvalue weighted by Crippen LogP contribution is -2.41. The van der Waals surface area contributed by atoms with Crippen LogP contribution in [0.3, 0.4) is 0 Å². The van der Waals surface area contributed by atoms with Gasteiger partial charge in [-0.1, -0.05) is 13.0 Å². The second-order valence-corrected chi connectivity index (χ2v) is 6.42. The minimum Gasteiger partial charge on any atom is -0.452 e. The number of hydrogen-bond donors (Lipinski definition) is 3. The van der Waals surface area contributed by atoms with Crippen LogP contribution < -0.4 is 15.4 Å². The first kappa shape index (κ1) is 20.3. The SMILES string of the molecule is C=CCNC(=O)NC(=O)COC(=O)c1ccc(S(=O)(=O)NCC)cc1. The molecule has 3 N–H and O–H groups in total. The summed E-state index contributed by atoms with van der Waals surface area (Å²) in [5.74, 6) is -1.63. The van der Waals surface area contributed by atoms with Crippen LogP contribution in [0.1, 0.15) is 17.3 Å². The lowest BCUT2D eigenvalue weighted by atomic mass is 10.2. The third-order valence-electron chi connectivity index (χ3n) is 2.73. The summed E-state index contributed by atoms with van der Waals surface area (Å²) in [5.41, 5.74) is 0.0688. The molecule has 136 valence electrons. The molecule has 9 nitrogen and oxygen atoms in total. The molecule has 0 saturated heterocycles. The quantitative estimate of drug-likeness (QED) is 0.442. The summed E-state index contributed by atoms with van der Waals surface area (Å²) in [4.78, 5) is 34.5. The lowest BCUT2D eigenvalue weighted by Gasteiger charge is -2.07. The van der Waals surface area contributed by atoms with Crippen molar-refractivity contribution in [2.45, 2.75) is 11.8 Å². The Kier molecular flexibility index (Phi) is 7.76. The molecular formula is C15H19N3O6S. The maximum Gasteiger partial charge on any atom is 0.338 e. The van der Waals surface area contributed by atoms with Crippen LogP contribution in [0.25, 0.3) is 0 Å². The highest BCUT2D eigenvalue weighted by Crippen LogP contribution is 2.11.